The molecule has 2 unspecified atom stereocenters. The maximum atomic E-state index is 13.0. The number of ketones is 1. The van der Waals surface area contributed by atoms with Gasteiger partial charge in [-0.15, -0.1) is 0 Å². The molecule has 2 aromatic carbocycles. The maximum Gasteiger partial charge on any atom is 0.295 e. The number of hydrogen-bond acceptors (Lipinski definition) is 7. The highest BCUT2D eigenvalue weighted by atomic mass is 16.6. The molecule has 2 aliphatic heterocycles. The quantitative estimate of drug-likeness (QED) is 0.242. The number of amides is 1. The summed E-state index contributed by atoms with van der Waals surface area (Å²) in [5.74, 6) is -1.26. The highest BCUT2D eigenvalue weighted by molar-refractivity contribution is 6.46. The molecule has 0 aliphatic carbocycles. The Labute approximate surface area is 184 Å². The van der Waals surface area contributed by atoms with Crippen molar-refractivity contribution in [1.29, 1.82) is 0 Å². The fraction of sp³-hybridized carbons (Fsp3) is 0.304. The minimum atomic E-state index is -0.978. The molecule has 9 heteroatoms. The van der Waals surface area contributed by atoms with E-state index >= 15 is 0 Å². The average molecular weight is 438 g/mol. The van der Waals surface area contributed by atoms with Crippen LogP contribution in [0.15, 0.2) is 48.0 Å². The molecule has 0 aromatic heterocycles. The first-order valence-electron chi connectivity index (χ1n) is 10.1. The smallest absolute Gasteiger partial charge is 0.295 e. The number of Topliss-reactive ketones (excluding diaryl/α,β-unsaturated/α-hetero) is 1. The van der Waals surface area contributed by atoms with Gasteiger partial charge >= 0.3 is 0 Å². The number of methoxy groups -OCH3 is 1. The van der Waals surface area contributed by atoms with Crippen molar-refractivity contribution in [2.24, 2.45) is 0 Å². The van der Waals surface area contributed by atoms with Crippen LogP contribution < -0.4 is 4.74 Å². The lowest BCUT2D eigenvalue weighted by Gasteiger charge is -2.25. The SMILES string of the molecule is COCCN1C(=O)C(=O)C(=C(O)c2ccc3c(c2)CC(C)O3)C1c1cccc([N+](=O)[O-])c1. The lowest BCUT2D eigenvalue weighted by atomic mass is 9.94. The molecule has 0 bridgehead atoms. The van der Waals surface area contributed by atoms with Crippen LogP contribution in [0.25, 0.3) is 5.76 Å². The zero-order chi connectivity index (χ0) is 23.0. The lowest BCUT2D eigenvalue weighted by Crippen LogP contribution is -2.32. The second-order valence-corrected chi connectivity index (χ2v) is 7.79. The molecule has 0 radical (unpaired) electrons. The number of benzene rings is 2. The van der Waals surface area contributed by atoms with Crippen LogP contribution in [0, 0.1) is 10.1 Å². The summed E-state index contributed by atoms with van der Waals surface area (Å²) in [7, 11) is 1.46. The summed E-state index contributed by atoms with van der Waals surface area (Å²) in [4.78, 5) is 37.8. The number of carbonyl (C=O) groups is 2. The molecule has 4 rings (SSSR count). The lowest BCUT2D eigenvalue weighted by molar-refractivity contribution is -0.384. The molecular formula is C23H22N2O7. The van der Waals surface area contributed by atoms with E-state index in [-0.39, 0.29) is 36.3 Å². The zero-order valence-electron chi connectivity index (χ0n) is 17.6. The van der Waals surface area contributed by atoms with Crippen molar-refractivity contribution < 1.29 is 29.1 Å². The van der Waals surface area contributed by atoms with E-state index in [1.807, 2.05) is 6.92 Å². The molecule has 2 aromatic rings. The van der Waals surface area contributed by atoms with Gasteiger partial charge < -0.3 is 19.5 Å². The number of fused-ring (bicyclic) bond motifs is 1. The van der Waals surface area contributed by atoms with Gasteiger partial charge in [0.05, 0.1) is 23.1 Å². The van der Waals surface area contributed by atoms with Crippen LogP contribution in [-0.4, -0.2) is 53.0 Å². The number of likely N-dealkylation sites (tertiary alicyclic amines) is 1. The van der Waals surface area contributed by atoms with E-state index in [4.69, 9.17) is 9.47 Å². The van der Waals surface area contributed by atoms with Gasteiger partial charge in [-0.2, -0.15) is 0 Å². The van der Waals surface area contributed by atoms with Crippen LogP contribution in [0.3, 0.4) is 0 Å². The minimum absolute atomic E-state index is 0.00638. The highest BCUT2D eigenvalue weighted by Crippen LogP contribution is 2.41. The number of carbonyl (C=O) groups excluding carboxylic acids is 2. The van der Waals surface area contributed by atoms with Crippen molar-refractivity contribution in [3.8, 4) is 5.75 Å². The monoisotopic (exact) mass is 438 g/mol. The standard InChI is InChI=1S/C23H22N2O7/c1-13-10-16-11-15(6-7-18(16)32-13)21(26)19-20(14-4-3-5-17(12-14)25(29)30)24(8-9-31-2)23(28)22(19)27/h3-7,11-13,20,26H,8-10H2,1-2H3. The first-order valence-corrected chi connectivity index (χ1v) is 10.1. The molecule has 1 amide bonds. The Morgan fingerprint density at radius 1 is 1.28 bits per heavy atom. The third-order valence-electron chi connectivity index (χ3n) is 5.64. The Hall–Kier alpha value is -3.72. The summed E-state index contributed by atoms with van der Waals surface area (Å²) in [6.07, 6.45) is 0.666. The van der Waals surface area contributed by atoms with Crippen molar-refractivity contribution in [1.82, 2.24) is 4.90 Å². The van der Waals surface area contributed by atoms with E-state index in [0.717, 1.165) is 5.56 Å². The topological polar surface area (TPSA) is 119 Å². The predicted molar refractivity (Wildman–Crippen MR) is 114 cm³/mol. The van der Waals surface area contributed by atoms with Gasteiger partial charge in [-0.1, -0.05) is 12.1 Å². The molecule has 2 aliphatic rings. The molecule has 1 N–H and O–H groups in total. The van der Waals surface area contributed by atoms with Crippen LogP contribution in [0.4, 0.5) is 5.69 Å². The summed E-state index contributed by atoms with van der Waals surface area (Å²) in [5, 5.41) is 22.4. The fourth-order valence-electron chi connectivity index (χ4n) is 4.18. The molecule has 166 valence electrons. The number of aliphatic hydroxyl groups is 1. The minimum Gasteiger partial charge on any atom is -0.507 e. The molecule has 32 heavy (non-hydrogen) atoms. The van der Waals surface area contributed by atoms with Gasteiger partial charge in [-0.3, -0.25) is 19.7 Å². The normalized spacial score (nSPS) is 21.5. The summed E-state index contributed by atoms with van der Waals surface area (Å²) >= 11 is 0. The van der Waals surface area contributed by atoms with Gasteiger partial charge in [0, 0.05) is 37.8 Å². The molecular weight excluding hydrogens is 416 g/mol. The Bertz CT molecular complexity index is 1140. The highest BCUT2D eigenvalue weighted by Gasteiger charge is 2.46. The Kier molecular flexibility index (Phi) is 5.67. The first-order chi connectivity index (χ1) is 15.3. The molecule has 9 nitrogen and oxygen atoms in total. The fourth-order valence-corrected chi connectivity index (χ4v) is 4.18. The number of ether oxygens (including phenoxy) is 2. The molecule has 0 spiro atoms. The zero-order valence-corrected chi connectivity index (χ0v) is 17.6. The second-order valence-electron chi connectivity index (χ2n) is 7.79. The first kappa shape index (κ1) is 21.5. The second kappa shape index (κ2) is 8.43. The Morgan fingerprint density at radius 3 is 2.78 bits per heavy atom. The number of nitro benzene ring substituents is 1. The van der Waals surface area contributed by atoms with Crippen LogP contribution in [0.5, 0.6) is 5.75 Å². The van der Waals surface area contributed by atoms with Gasteiger partial charge in [-0.25, -0.2) is 0 Å². The molecule has 1 fully saturated rings. The van der Waals surface area contributed by atoms with Gasteiger partial charge in [0.1, 0.15) is 17.6 Å². The third kappa shape index (κ3) is 3.71. The molecule has 1 saturated heterocycles. The molecule has 2 atom stereocenters. The van der Waals surface area contributed by atoms with E-state index in [1.165, 1.54) is 30.2 Å². The number of aliphatic hydroxyl groups excluding tert-OH is 1. The maximum absolute atomic E-state index is 13.0. The summed E-state index contributed by atoms with van der Waals surface area (Å²) in [6, 6.07) is 9.81. The van der Waals surface area contributed by atoms with Crippen molar-refractivity contribution in [3.05, 3.63) is 74.8 Å². The van der Waals surface area contributed by atoms with Gasteiger partial charge in [-0.05, 0) is 36.2 Å². The van der Waals surface area contributed by atoms with E-state index in [1.54, 1.807) is 24.3 Å². The van der Waals surface area contributed by atoms with Gasteiger partial charge in [0.25, 0.3) is 17.4 Å². The van der Waals surface area contributed by atoms with Crippen LogP contribution >= 0.6 is 0 Å². The van der Waals surface area contributed by atoms with E-state index in [2.05, 4.69) is 0 Å². The number of nitrogens with zero attached hydrogens (tertiary/aromatic N) is 2. The Balaban J connectivity index is 1.85. The predicted octanol–water partition coefficient (Wildman–Crippen LogP) is 2.99. The number of rotatable bonds is 6. The summed E-state index contributed by atoms with van der Waals surface area (Å²) in [6.45, 7) is 2.18. The third-order valence-corrected chi connectivity index (χ3v) is 5.64. The van der Waals surface area contributed by atoms with Gasteiger partial charge in [0.15, 0.2) is 0 Å². The van der Waals surface area contributed by atoms with Crippen molar-refractivity contribution >= 4 is 23.1 Å². The van der Waals surface area contributed by atoms with E-state index in [0.29, 0.717) is 23.3 Å². The largest absolute Gasteiger partial charge is 0.507 e. The Morgan fingerprint density at radius 2 is 2.06 bits per heavy atom. The summed E-state index contributed by atoms with van der Waals surface area (Å²) < 4.78 is 10.8. The van der Waals surface area contributed by atoms with Crippen molar-refractivity contribution in [2.75, 3.05) is 20.3 Å². The van der Waals surface area contributed by atoms with E-state index in [9.17, 15) is 24.8 Å². The number of nitro groups is 1. The number of non-ortho nitro benzene ring substituents is 1. The molecule has 2 heterocycles. The van der Waals surface area contributed by atoms with Gasteiger partial charge in [0.2, 0.25) is 0 Å². The van der Waals surface area contributed by atoms with Crippen LogP contribution in [0.2, 0.25) is 0 Å². The number of hydrogen-bond donors (Lipinski definition) is 1. The van der Waals surface area contributed by atoms with Crippen molar-refractivity contribution in [3.63, 3.8) is 0 Å². The van der Waals surface area contributed by atoms with Crippen LogP contribution in [0.1, 0.15) is 29.7 Å². The van der Waals surface area contributed by atoms with E-state index < -0.39 is 22.7 Å². The molecule has 0 saturated carbocycles. The van der Waals surface area contributed by atoms with Crippen molar-refractivity contribution in [2.45, 2.75) is 25.5 Å². The summed E-state index contributed by atoms with van der Waals surface area (Å²) in [5.41, 5.74) is 1.33. The van der Waals surface area contributed by atoms with Crippen LogP contribution in [-0.2, 0) is 20.7 Å². The average Bonchev–Trinajstić information content (AvgIpc) is 3.27.